The van der Waals surface area contributed by atoms with Crippen LogP contribution in [0.15, 0.2) is 77.7 Å². The lowest BCUT2D eigenvalue weighted by Crippen LogP contribution is -2.53. The molecule has 0 aliphatic rings. The molecule has 0 saturated carbocycles. The van der Waals surface area contributed by atoms with Gasteiger partial charge in [0.25, 0.3) is 10.0 Å². The summed E-state index contributed by atoms with van der Waals surface area (Å²) in [5.74, 6) is -1.39. The van der Waals surface area contributed by atoms with E-state index in [1.807, 2.05) is 58.9 Å². The Morgan fingerprint density at radius 2 is 1.40 bits per heavy atom. The summed E-state index contributed by atoms with van der Waals surface area (Å²) in [5, 5.41) is 2.96. The SMILES string of the molecule is CC[C@H](C)NC(=O)[C@H](CC)N(Cc1ccc(C)cc1)C(=O)CN(c1ccc(C)cc1)S(=O)(=O)c1ccc(F)cc1. The molecule has 1 N–H and O–H groups in total. The lowest BCUT2D eigenvalue weighted by Gasteiger charge is -2.33. The molecule has 3 aromatic rings. The molecule has 214 valence electrons. The van der Waals surface area contributed by atoms with E-state index >= 15 is 0 Å². The zero-order valence-electron chi connectivity index (χ0n) is 23.7. The fraction of sp³-hybridized carbons (Fsp3) is 0.355. The Bertz CT molecular complexity index is 1390. The number of halogens is 1. The molecular weight excluding hydrogens is 529 g/mol. The number of hydrogen-bond donors (Lipinski definition) is 1. The number of rotatable bonds is 12. The summed E-state index contributed by atoms with van der Waals surface area (Å²) < 4.78 is 42.2. The van der Waals surface area contributed by atoms with Gasteiger partial charge in [-0.3, -0.25) is 13.9 Å². The van der Waals surface area contributed by atoms with Crippen molar-refractivity contribution in [3.63, 3.8) is 0 Å². The standard InChI is InChI=1S/C31H38FN3O4S/c1-6-24(5)33-31(37)29(7-2)34(20-25-12-8-22(3)9-13-25)30(36)21-35(27-16-10-23(4)11-17-27)40(38,39)28-18-14-26(32)15-19-28/h8-19,24,29H,6-7,20-21H2,1-5H3,(H,33,37)/t24-,29-/m0/s1. The summed E-state index contributed by atoms with van der Waals surface area (Å²) in [6.07, 6.45) is 1.07. The molecule has 0 fully saturated rings. The molecule has 2 amide bonds. The summed E-state index contributed by atoms with van der Waals surface area (Å²) >= 11 is 0. The number of nitrogens with one attached hydrogen (secondary N) is 1. The minimum absolute atomic E-state index is 0.0826. The van der Waals surface area contributed by atoms with Gasteiger partial charge in [0.15, 0.2) is 0 Å². The number of hydrogen-bond acceptors (Lipinski definition) is 4. The topological polar surface area (TPSA) is 86.8 Å². The predicted octanol–water partition coefficient (Wildman–Crippen LogP) is 5.36. The summed E-state index contributed by atoms with van der Waals surface area (Å²) in [7, 11) is -4.25. The Morgan fingerprint density at radius 3 is 1.93 bits per heavy atom. The van der Waals surface area contributed by atoms with Gasteiger partial charge < -0.3 is 10.2 Å². The average Bonchev–Trinajstić information content (AvgIpc) is 2.93. The molecule has 0 aliphatic heterocycles. The highest BCUT2D eigenvalue weighted by Crippen LogP contribution is 2.25. The molecule has 0 unspecified atom stereocenters. The molecule has 0 heterocycles. The van der Waals surface area contributed by atoms with Crippen molar-refractivity contribution in [3.8, 4) is 0 Å². The number of anilines is 1. The second-order valence-electron chi connectivity index (χ2n) is 10.1. The lowest BCUT2D eigenvalue weighted by molar-refractivity contribution is -0.140. The molecule has 0 bridgehead atoms. The van der Waals surface area contributed by atoms with Crippen LogP contribution in [0, 0.1) is 19.7 Å². The Balaban J connectivity index is 2.04. The Kier molecular flexibility index (Phi) is 10.5. The maximum atomic E-state index is 14.0. The minimum atomic E-state index is -4.25. The minimum Gasteiger partial charge on any atom is -0.352 e. The second-order valence-corrected chi connectivity index (χ2v) is 11.9. The molecule has 3 aromatic carbocycles. The van der Waals surface area contributed by atoms with Gasteiger partial charge in [-0.1, -0.05) is 61.4 Å². The number of amides is 2. The van der Waals surface area contributed by atoms with Crippen LogP contribution in [0.25, 0.3) is 0 Å². The van der Waals surface area contributed by atoms with Crippen LogP contribution in [0.2, 0.25) is 0 Å². The molecule has 0 saturated heterocycles. The van der Waals surface area contributed by atoms with Crippen molar-refractivity contribution in [1.82, 2.24) is 10.2 Å². The van der Waals surface area contributed by atoms with E-state index in [0.717, 1.165) is 39.5 Å². The highest BCUT2D eigenvalue weighted by molar-refractivity contribution is 7.92. The van der Waals surface area contributed by atoms with Gasteiger partial charge in [0.2, 0.25) is 11.8 Å². The first-order chi connectivity index (χ1) is 19.0. The number of nitrogens with zero attached hydrogens (tertiary/aromatic N) is 2. The zero-order chi connectivity index (χ0) is 29.4. The van der Waals surface area contributed by atoms with Crippen LogP contribution in [-0.2, 0) is 26.2 Å². The van der Waals surface area contributed by atoms with Crippen molar-refractivity contribution in [2.75, 3.05) is 10.8 Å². The van der Waals surface area contributed by atoms with E-state index in [9.17, 15) is 22.4 Å². The van der Waals surface area contributed by atoms with Crippen molar-refractivity contribution >= 4 is 27.5 Å². The molecule has 2 atom stereocenters. The van der Waals surface area contributed by atoms with E-state index in [4.69, 9.17) is 0 Å². The van der Waals surface area contributed by atoms with Crippen LogP contribution in [0.5, 0.6) is 0 Å². The van der Waals surface area contributed by atoms with Crippen LogP contribution in [-0.4, -0.2) is 43.8 Å². The van der Waals surface area contributed by atoms with E-state index in [0.29, 0.717) is 6.42 Å². The summed E-state index contributed by atoms with van der Waals surface area (Å²) in [6.45, 7) is 9.10. The normalized spacial score (nSPS) is 12.8. The van der Waals surface area contributed by atoms with Crippen molar-refractivity contribution in [3.05, 3.63) is 95.3 Å². The molecule has 7 nitrogen and oxygen atoms in total. The maximum absolute atomic E-state index is 14.0. The summed E-state index contributed by atoms with van der Waals surface area (Å²) in [5.41, 5.74) is 3.08. The number of sulfonamides is 1. The van der Waals surface area contributed by atoms with E-state index in [1.165, 1.54) is 17.0 Å². The quantitative estimate of drug-likeness (QED) is 0.319. The smallest absolute Gasteiger partial charge is 0.264 e. The third-order valence-electron chi connectivity index (χ3n) is 6.86. The highest BCUT2D eigenvalue weighted by Gasteiger charge is 2.34. The number of carbonyl (C=O) groups excluding carboxylic acids is 2. The van der Waals surface area contributed by atoms with Gasteiger partial charge >= 0.3 is 0 Å². The van der Waals surface area contributed by atoms with Gasteiger partial charge in [-0.25, -0.2) is 12.8 Å². The van der Waals surface area contributed by atoms with Gasteiger partial charge in [-0.05, 0) is 75.6 Å². The van der Waals surface area contributed by atoms with Crippen molar-refractivity contribution in [2.45, 2.75) is 71.0 Å². The second kappa shape index (κ2) is 13.6. The maximum Gasteiger partial charge on any atom is 0.264 e. The molecular formula is C31H38FN3O4S. The third kappa shape index (κ3) is 7.69. The van der Waals surface area contributed by atoms with Crippen molar-refractivity contribution in [1.29, 1.82) is 0 Å². The van der Waals surface area contributed by atoms with Crippen LogP contribution < -0.4 is 9.62 Å². The van der Waals surface area contributed by atoms with Gasteiger partial charge in [0.1, 0.15) is 18.4 Å². The van der Waals surface area contributed by atoms with Crippen LogP contribution in [0.4, 0.5) is 10.1 Å². The van der Waals surface area contributed by atoms with E-state index < -0.39 is 34.3 Å². The third-order valence-corrected chi connectivity index (χ3v) is 8.65. The molecule has 0 aromatic heterocycles. The van der Waals surface area contributed by atoms with Gasteiger partial charge in [-0.15, -0.1) is 0 Å². The van der Waals surface area contributed by atoms with Crippen molar-refractivity contribution in [2.24, 2.45) is 0 Å². The molecule has 0 radical (unpaired) electrons. The van der Waals surface area contributed by atoms with Gasteiger partial charge in [-0.2, -0.15) is 0 Å². The molecule has 0 aliphatic carbocycles. The lowest BCUT2D eigenvalue weighted by atomic mass is 10.1. The number of benzene rings is 3. The van der Waals surface area contributed by atoms with E-state index in [2.05, 4.69) is 5.32 Å². The first-order valence-corrected chi connectivity index (χ1v) is 14.9. The average molecular weight is 568 g/mol. The Labute approximate surface area is 237 Å². The molecule has 0 spiro atoms. The highest BCUT2D eigenvalue weighted by atomic mass is 32.2. The fourth-order valence-corrected chi connectivity index (χ4v) is 5.64. The summed E-state index contributed by atoms with van der Waals surface area (Å²) in [4.78, 5) is 28.6. The predicted molar refractivity (Wildman–Crippen MR) is 156 cm³/mol. The van der Waals surface area contributed by atoms with E-state index in [-0.39, 0.29) is 29.1 Å². The summed E-state index contributed by atoms with van der Waals surface area (Å²) in [6, 6.07) is 18.0. The number of aryl methyl sites for hydroxylation is 2. The first-order valence-electron chi connectivity index (χ1n) is 13.5. The fourth-order valence-electron chi connectivity index (χ4n) is 4.22. The first kappa shape index (κ1) is 30.8. The van der Waals surface area contributed by atoms with E-state index in [1.54, 1.807) is 24.3 Å². The molecule has 9 heteroatoms. The molecule has 3 rings (SSSR count). The monoisotopic (exact) mass is 567 g/mol. The van der Waals surface area contributed by atoms with Crippen LogP contribution in [0.3, 0.4) is 0 Å². The van der Waals surface area contributed by atoms with Crippen molar-refractivity contribution < 1.29 is 22.4 Å². The zero-order valence-corrected chi connectivity index (χ0v) is 24.5. The largest absolute Gasteiger partial charge is 0.352 e. The van der Waals surface area contributed by atoms with Crippen LogP contribution in [0.1, 0.15) is 50.3 Å². The Hall–Kier alpha value is -3.72. The van der Waals surface area contributed by atoms with Gasteiger partial charge in [0, 0.05) is 12.6 Å². The number of carbonyl (C=O) groups is 2. The molecule has 40 heavy (non-hydrogen) atoms. The van der Waals surface area contributed by atoms with Gasteiger partial charge in [0.05, 0.1) is 10.6 Å². The Morgan fingerprint density at radius 1 is 0.850 bits per heavy atom. The van der Waals surface area contributed by atoms with Crippen LogP contribution >= 0.6 is 0 Å².